The Hall–Kier alpha value is -2.72. The van der Waals surface area contributed by atoms with Gasteiger partial charge in [0.25, 0.3) is 0 Å². The van der Waals surface area contributed by atoms with Gasteiger partial charge in [-0.05, 0) is 47.9 Å². The molecule has 0 fully saturated rings. The van der Waals surface area contributed by atoms with Crippen molar-refractivity contribution in [3.05, 3.63) is 94.8 Å². The lowest BCUT2D eigenvalue weighted by atomic mass is 10.0. The van der Waals surface area contributed by atoms with Crippen molar-refractivity contribution < 1.29 is 8.42 Å². The second-order valence-electron chi connectivity index (χ2n) is 6.50. The van der Waals surface area contributed by atoms with Crippen molar-refractivity contribution >= 4 is 21.6 Å². The van der Waals surface area contributed by atoms with Crippen molar-refractivity contribution in [1.29, 1.82) is 5.26 Å². The Morgan fingerprint density at radius 1 is 1.07 bits per heavy atom. The number of nitrogens with zero attached hydrogens (tertiary/aromatic N) is 3. The maximum Gasteiger partial charge on any atom is 0.243 e. The third kappa shape index (κ3) is 4.83. The fraction of sp³-hybridized carbons (Fsp3) is 0.182. The highest BCUT2D eigenvalue weighted by Gasteiger charge is 2.31. The Morgan fingerprint density at radius 3 is 2.31 bits per heavy atom. The molecule has 0 N–H and O–H groups in total. The molecule has 5 nitrogen and oxygen atoms in total. The predicted octanol–water partition coefficient (Wildman–Crippen LogP) is 4.95. The lowest BCUT2D eigenvalue weighted by Crippen LogP contribution is -2.34. The van der Waals surface area contributed by atoms with Gasteiger partial charge in [-0.1, -0.05) is 54.9 Å². The van der Waals surface area contributed by atoms with Crippen LogP contribution in [0.15, 0.2) is 77.8 Å². The Kier molecular flexibility index (Phi) is 6.65. The Balaban J connectivity index is 2.06. The van der Waals surface area contributed by atoms with Crippen molar-refractivity contribution in [2.45, 2.75) is 30.8 Å². The first-order valence-electron chi connectivity index (χ1n) is 9.13. The van der Waals surface area contributed by atoms with Crippen LogP contribution in [0.25, 0.3) is 0 Å². The molecule has 1 aromatic heterocycles. The number of sulfonamides is 1. The molecule has 148 valence electrons. The quantitative estimate of drug-likeness (QED) is 0.536. The minimum Gasteiger partial charge on any atom is -0.245 e. The molecule has 1 heterocycles. The summed E-state index contributed by atoms with van der Waals surface area (Å²) >= 11 is 5.94. The van der Waals surface area contributed by atoms with Crippen LogP contribution < -0.4 is 0 Å². The van der Waals surface area contributed by atoms with E-state index >= 15 is 0 Å². The van der Waals surface area contributed by atoms with Crippen molar-refractivity contribution in [3.8, 4) is 6.07 Å². The molecule has 0 bridgehead atoms. The Bertz CT molecular complexity index is 1090. The number of benzene rings is 2. The first-order valence-corrected chi connectivity index (χ1v) is 10.9. The van der Waals surface area contributed by atoms with Crippen molar-refractivity contribution in [2.24, 2.45) is 0 Å². The van der Waals surface area contributed by atoms with E-state index in [9.17, 15) is 8.42 Å². The van der Waals surface area contributed by atoms with Gasteiger partial charge >= 0.3 is 0 Å². The summed E-state index contributed by atoms with van der Waals surface area (Å²) in [6.45, 7) is 2.09. The molecule has 3 rings (SSSR count). The molecular formula is C22H20ClN3O2S. The first kappa shape index (κ1) is 21.0. The van der Waals surface area contributed by atoms with Gasteiger partial charge in [0.1, 0.15) is 11.8 Å². The monoisotopic (exact) mass is 425 g/mol. The summed E-state index contributed by atoms with van der Waals surface area (Å²) < 4.78 is 28.6. The molecule has 0 amide bonds. The maximum atomic E-state index is 13.6. The third-order valence-electron chi connectivity index (χ3n) is 4.62. The minimum atomic E-state index is -3.81. The van der Waals surface area contributed by atoms with Gasteiger partial charge in [0, 0.05) is 17.8 Å². The lowest BCUT2D eigenvalue weighted by Gasteiger charge is -2.31. The summed E-state index contributed by atoms with van der Waals surface area (Å²) in [6, 6.07) is 20.7. The van der Waals surface area contributed by atoms with E-state index in [1.807, 2.05) is 43.3 Å². The summed E-state index contributed by atoms with van der Waals surface area (Å²) in [4.78, 5) is 4.25. The molecule has 0 saturated heterocycles. The second-order valence-corrected chi connectivity index (χ2v) is 8.83. The van der Waals surface area contributed by atoms with Crippen LogP contribution in [0.4, 0.5) is 0 Å². The van der Waals surface area contributed by atoms with Gasteiger partial charge in [-0.2, -0.15) is 9.57 Å². The summed E-state index contributed by atoms with van der Waals surface area (Å²) in [5.74, 6) is 0. The largest absolute Gasteiger partial charge is 0.245 e. The van der Waals surface area contributed by atoms with E-state index < -0.39 is 10.0 Å². The van der Waals surface area contributed by atoms with Crippen molar-refractivity contribution in [1.82, 2.24) is 9.29 Å². The van der Waals surface area contributed by atoms with Crippen LogP contribution in [0.3, 0.4) is 0 Å². The Morgan fingerprint density at radius 2 is 1.76 bits per heavy atom. The Labute approximate surface area is 176 Å². The van der Waals surface area contributed by atoms with Crippen LogP contribution in [0, 0.1) is 11.3 Å². The molecule has 0 saturated carbocycles. The van der Waals surface area contributed by atoms with E-state index in [-0.39, 0.29) is 23.2 Å². The topological polar surface area (TPSA) is 74.1 Å². The molecule has 3 aromatic rings. The molecule has 0 aliphatic carbocycles. The molecule has 7 heteroatoms. The standard InChI is InChI=1S/C22H20ClN3O2S/c1-2-22(18-6-4-3-5-7-18)26(16-17-8-11-20(14-24)25-15-17)29(27,28)21-12-9-19(23)10-13-21/h3-13,15,22H,2,16H2,1H3. The summed E-state index contributed by atoms with van der Waals surface area (Å²) in [5, 5.41) is 9.43. The highest BCUT2D eigenvalue weighted by atomic mass is 35.5. The van der Waals surface area contributed by atoms with Gasteiger partial charge in [0.2, 0.25) is 10.0 Å². The van der Waals surface area contributed by atoms with Gasteiger partial charge in [0.05, 0.1) is 10.9 Å². The fourth-order valence-corrected chi connectivity index (χ4v) is 4.95. The average Bonchev–Trinajstić information content (AvgIpc) is 2.75. The molecule has 1 atom stereocenters. The smallest absolute Gasteiger partial charge is 0.243 e. The highest BCUT2D eigenvalue weighted by Crippen LogP contribution is 2.32. The predicted molar refractivity (Wildman–Crippen MR) is 113 cm³/mol. The van der Waals surface area contributed by atoms with E-state index in [0.29, 0.717) is 17.0 Å². The average molecular weight is 426 g/mol. The summed E-state index contributed by atoms with van der Waals surface area (Å²) in [7, 11) is -3.81. The van der Waals surface area contributed by atoms with Crippen LogP contribution in [0.2, 0.25) is 5.02 Å². The van der Waals surface area contributed by atoms with Gasteiger partial charge < -0.3 is 0 Å². The first-order chi connectivity index (χ1) is 14.0. The zero-order valence-corrected chi connectivity index (χ0v) is 17.4. The molecule has 2 aromatic carbocycles. The molecular weight excluding hydrogens is 406 g/mol. The highest BCUT2D eigenvalue weighted by molar-refractivity contribution is 7.89. The van der Waals surface area contributed by atoms with Crippen LogP contribution >= 0.6 is 11.6 Å². The maximum absolute atomic E-state index is 13.6. The van der Waals surface area contributed by atoms with Crippen molar-refractivity contribution in [3.63, 3.8) is 0 Å². The molecule has 29 heavy (non-hydrogen) atoms. The number of pyridine rings is 1. The number of hydrogen-bond acceptors (Lipinski definition) is 4. The molecule has 0 radical (unpaired) electrons. The number of hydrogen-bond donors (Lipinski definition) is 0. The molecule has 0 spiro atoms. The van der Waals surface area contributed by atoms with E-state index in [4.69, 9.17) is 16.9 Å². The molecule has 0 aliphatic heterocycles. The second kappa shape index (κ2) is 9.19. The van der Waals surface area contributed by atoms with Crippen LogP contribution in [0.1, 0.15) is 36.2 Å². The normalized spacial score (nSPS) is 12.5. The van der Waals surface area contributed by atoms with Crippen LogP contribution in [-0.4, -0.2) is 17.7 Å². The third-order valence-corrected chi connectivity index (χ3v) is 6.74. The van der Waals surface area contributed by atoms with E-state index in [1.54, 1.807) is 30.5 Å². The molecule has 1 unspecified atom stereocenters. The van der Waals surface area contributed by atoms with Gasteiger partial charge in [-0.15, -0.1) is 0 Å². The summed E-state index contributed by atoms with van der Waals surface area (Å²) in [6.07, 6.45) is 2.14. The number of aromatic nitrogens is 1. The minimum absolute atomic E-state index is 0.136. The number of nitriles is 1. The van der Waals surface area contributed by atoms with E-state index in [1.165, 1.54) is 16.4 Å². The fourth-order valence-electron chi connectivity index (χ4n) is 3.15. The van der Waals surface area contributed by atoms with Crippen molar-refractivity contribution in [2.75, 3.05) is 0 Å². The van der Waals surface area contributed by atoms with E-state index in [2.05, 4.69) is 4.98 Å². The zero-order chi connectivity index (χ0) is 20.9. The van der Waals surface area contributed by atoms with E-state index in [0.717, 1.165) is 5.56 Å². The van der Waals surface area contributed by atoms with Gasteiger partial charge in [-0.25, -0.2) is 13.4 Å². The van der Waals surface area contributed by atoms with Gasteiger partial charge in [0.15, 0.2) is 0 Å². The number of rotatable bonds is 7. The molecule has 0 aliphatic rings. The zero-order valence-electron chi connectivity index (χ0n) is 15.9. The van der Waals surface area contributed by atoms with Crippen LogP contribution in [0.5, 0.6) is 0 Å². The van der Waals surface area contributed by atoms with Crippen LogP contribution in [-0.2, 0) is 16.6 Å². The van der Waals surface area contributed by atoms with Gasteiger partial charge in [-0.3, -0.25) is 0 Å². The lowest BCUT2D eigenvalue weighted by molar-refractivity contribution is 0.309. The number of halogens is 1. The summed E-state index contributed by atoms with van der Waals surface area (Å²) in [5.41, 5.74) is 1.90. The SMILES string of the molecule is CCC(c1ccccc1)N(Cc1ccc(C#N)nc1)S(=O)(=O)c1ccc(Cl)cc1.